The molecule has 1 aromatic heterocycles. The first kappa shape index (κ1) is 25.2. The van der Waals surface area contributed by atoms with Gasteiger partial charge < -0.3 is 10.6 Å². The lowest BCUT2D eigenvalue weighted by Gasteiger charge is -2.46. The van der Waals surface area contributed by atoms with Crippen LogP contribution in [0.25, 0.3) is 10.2 Å². The quantitative estimate of drug-likeness (QED) is 0.697. The van der Waals surface area contributed by atoms with E-state index in [1.165, 1.54) is 4.70 Å². The molecule has 1 aromatic carbocycles. The van der Waals surface area contributed by atoms with Gasteiger partial charge in [-0.1, -0.05) is 39.8 Å². The highest BCUT2D eigenvalue weighted by atomic mass is 35.5. The Labute approximate surface area is 185 Å². The second kappa shape index (κ2) is 9.75. The predicted molar refractivity (Wildman–Crippen MR) is 124 cm³/mol. The first-order valence-electron chi connectivity index (χ1n) is 9.71. The smallest absolute Gasteiger partial charge is 0.229 e. The SMILES string of the molecule is CCC(CC)(Cc1nc2ccccc2s1)C(=O)N1CCC(N)C(C)(C)C1.Cl.Cl. The Bertz CT molecular complexity index is 756. The van der Waals surface area contributed by atoms with Crippen LogP contribution in [0.5, 0.6) is 0 Å². The number of likely N-dealkylation sites (tertiary alicyclic amines) is 1. The van der Waals surface area contributed by atoms with E-state index in [9.17, 15) is 4.79 Å². The molecule has 1 fully saturated rings. The maximum absolute atomic E-state index is 13.6. The fourth-order valence-corrected chi connectivity index (χ4v) is 5.16. The molecule has 2 heterocycles. The third-order valence-electron chi connectivity index (χ3n) is 6.23. The van der Waals surface area contributed by atoms with Gasteiger partial charge in [0, 0.05) is 25.6 Å². The highest BCUT2D eigenvalue weighted by molar-refractivity contribution is 7.18. The van der Waals surface area contributed by atoms with Crippen molar-refractivity contribution >= 4 is 52.3 Å². The second-order valence-corrected chi connectivity index (χ2v) is 9.47. The number of thiazole rings is 1. The van der Waals surface area contributed by atoms with Crippen LogP contribution in [-0.4, -0.2) is 34.9 Å². The Balaban J connectivity index is 0.00000196. The van der Waals surface area contributed by atoms with E-state index in [0.29, 0.717) is 0 Å². The van der Waals surface area contributed by atoms with Crippen LogP contribution in [0.15, 0.2) is 24.3 Å². The molecular formula is C21H33Cl2N3OS. The number of para-hydroxylation sites is 1. The normalized spacial score (nSPS) is 19.0. The van der Waals surface area contributed by atoms with Gasteiger partial charge in [-0.05, 0) is 36.8 Å². The number of rotatable bonds is 5. The number of halogens is 2. The summed E-state index contributed by atoms with van der Waals surface area (Å²) in [6.45, 7) is 10.1. The van der Waals surface area contributed by atoms with E-state index in [-0.39, 0.29) is 47.6 Å². The number of carbonyl (C=O) groups excluding carboxylic acids is 1. The van der Waals surface area contributed by atoms with E-state index in [4.69, 9.17) is 10.7 Å². The number of fused-ring (bicyclic) bond motifs is 1. The summed E-state index contributed by atoms with van der Waals surface area (Å²) in [5.41, 5.74) is 6.90. The summed E-state index contributed by atoms with van der Waals surface area (Å²) in [5.74, 6) is 0.279. The molecule has 0 aliphatic carbocycles. The number of aromatic nitrogens is 1. The van der Waals surface area contributed by atoms with Crippen LogP contribution in [-0.2, 0) is 11.2 Å². The average molecular weight is 446 g/mol. The zero-order valence-corrected chi connectivity index (χ0v) is 19.7. The fraction of sp³-hybridized carbons (Fsp3) is 0.619. The van der Waals surface area contributed by atoms with Crippen molar-refractivity contribution in [2.24, 2.45) is 16.6 Å². The summed E-state index contributed by atoms with van der Waals surface area (Å²) in [6.07, 6.45) is 3.27. The Morgan fingerprint density at radius 1 is 1.29 bits per heavy atom. The molecule has 1 amide bonds. The fourth-order valence-electron chi connectivity index (χ4n) is 4.05. The third-order valence-corrected chi connectivity index (χ3v) is 7.27. The number of nitrogens with two attached hydrogens (primary N) is 1. The van der Waals surface area contributed by atoms with Crippen LogP contribution in [0.3, 0.4) is 0 Å². The summed E-state index contributed by atoms with van der Waals surface area (Å²) < 4.78 is 1.20. The van der Waals surface area contributed by atoms with Gasteiger partial charge in [-0.15, -0.1) is 36.2 Å². The van der Waals surface area contributed by atoms with Crippen LogP contribution in [0.2, 0.25) is 0 Å². The van der Waals surface area contributed by atoms with E-state index in [1.807, 2.05) is 18.2 Å². The minimum atomic E-state index is -0.370. The van der Waals surface area contributed by atoms with Crippen molar-refractivity contribution in [1.29, 1.82) is 0 Å². The third kappa shape index (κ3) is 4.81. The standard InChI is InChI=1S/C21H31N3OS.2ClH/c1-5-21(6-2,13-18-23-15-9-7-8-10-16(15)26-18)19(25)24-12-11-17(22)20(3,4)14-24;;/h7-10,17H,5-6,11-14,22H2,1-4H3;2*1H. The minimum Gasteiger partial charge on any atom is -0.342 e. The lowest BCUT2D eigenvalue weighted by atomic mass is 9.75. The largest absolute Gasteiger partial charge is 0.342 e. The molecule has 2 N–H and O–H groups in total. The van der Waals surface area contributed by atoms with Crippen LogP contribution in [0.4, 0.5) is 0 Å². The van der Waals surface area contributed by atoms with E-state index < -0.39 is 0 Å². The molecule has 1 aliphatic heterocycles. The first-order chi connectivity index (χ1) is 12.3. The van der Waals surface area contributed by atoms with Crippen molar-refractivity contribution in [2.45, 2.75) is 59.4 Å². The topological polar surface area (TPSA) is 59.2 Å². The number of hydrogen-bond donors (Lipinski definition) is 1. The van der Waals surface area contributed by atoms with Gasteiger partial charge in [0.1, 0.15) is 0 Å². The van der Waals surface area contributed by atoms with Crippen molar-refractivity contribution in [2.75, 3.05) is 13.1 Å². The Kier molecular flexibility index (Phi) is 8.76. The van der Waals surface area contributed by atoms with Gasteiger partial charge in [0.15, 0.2) is 0 Å². The summed E-state index contributed by atoms with van der Waals surface area (Å²) in [7, 11) is 0. The van der Waals surface area contributed by atoms with Gasteiger partial charge >= 0.3 is 0 Å². The molecule has 1 aliphatic rings. The van der Waals surface area contributed by atoms with E-state index in [2.05, 4.69) is 38.7 Å². The van der Waals surface area contributed by atoms with E-state index in [0.717, 1.165) is 49.3 Å². The number of amides is 1. The van der Waals surface area contributed by atoms with Crippen molar-refractivity contribution in [3.05, 3.63) is 29.3 Å². The molecule has 3 rings (SSSR count). The van der Waals surface area contributed by atoms with Crippen molar-refractivity contribution < 1.29 is 4.79 Å². The van der Waals surface area contributed by atoms with Gasteiger partial charge in [-0.3, -0.25) is 4.79 Å². The summed E-state index contributed by atoms with van der Waals surface area (Å²) in [4.78, 5) is 20.4. The minimum absolute atomic E-state index is 0. The zero-order valence-electron chi connectivity index (χ0n) is 17.2. The lowest BCUT2D eigenvalue weighted by molar-refractivity contribution is -0.146. The van der Waals surface area contributed by atoms with Gasteiger partial charge in [0.05, 0.1) is 20.6 Å². The molecule has 2 aromatic rings. The van der Waals surface area contributed by atoms with E-state index in [1.54, 1.807) is 11.3 Å². The van der Waals surface area contributed by atoms with Crippen LogP contribution >= 0.6 is 36.2 Å². The number of piperidine rings is 1. The molecule has 158 valence electrons. The summed E-state index contributed by atoms with van der Waals surface area (Å²) >= 11 is 1.72. The van der Waals surface area contributed by atoms with Gasteiger partial charge in [-0.25, -0.2) is 4.98 Å². The van der Waals surface area contributed by atoms with Crippen LogP contribution < -0.4 is 5.73 Å². The average Bonchev–Trinajstić information content (AvgIpc) is 3.03. The molecule has 1 saturated heterocycles. The number of carbonyl (C=O) groups is 1. The summed E-state index contributed by atoms with van der Waals surface area (Å²) in [5, 5.41) is 1.07. The van der Waals surface area contributed by atoms with Gasteiger partial charge in [0.2, 0.25) is 5.91 Å². The monoisotopic (exact) mass is 445 g/mol. The van der Waals surface area contributed by atoms with Gasteiger partial charge in [-0.2, -0.15) is 0 Å². The molecule has 1 atom stereocenters. The molecular weight excluding hydrogens is 413 g/mol. The molecule has 28 heavy (non-hydrogen) atoms. The maximum Gasteiger partial charge on any atom is 0.229 e. The molecule has 0 radical (unpaired) electrons. The second-order valence-electron chi connectivity index (χ2n) is 8.35. The molecule has 0 saturated carbocycles. The number of benzene rings is 1. The van der Waals surface area contributed by atoms with E-state index >= 15 is 0 Å². The zero-order chi connectivity index (χ0) is 18.9. The van der Waals surface area contributed by atoms with Crippen LogP contribution in [0.1, 0.15) is 52.0 Å². The molecule has 1 unspecified atom stereocenters. The Morgan fingerprint density at radius 3 is 2.50 bits per heavy atom. The maximum atomic E-state index is 13.6. The van der Waals surface area contributed by atoms with Crippen LogP contribution in [0, 0.1) is 10.8 Å². The highest BCUT2D eigenvalue weighted by Crippen LogP contribution is 2.38. The molecule has 0 spiro atoms. The number of nitrogens with zero attached hydrogens (tertiary/aromatic N) is 2. The van der Waals surface area contributed by atoms with Crippen molar-refractivity contribution in [3.8, 4) is 0 Å². The summed E-state index contributed by atoms with van der Waals surface area (Å²) in [6, 6.07) is 8.37. The molecule has 0 bridgehead atoms. The van der Waals surface area contributed by atoms with Gasteiger partial charge in [0.25, 0.3) is 0 Å². The lowest BCUT2D eigenvalue weighted by Crippen LogP contribution is -2.57. The Hall–Kier alpha value is -0.880. The predicted octanol–water partition coefficient (Wildman–Crippen LogP) is 5.07. The van der Waals surface area contributed by atoms with Crippen molar-refractivity contribution in [1.82, 2.24) is 9.88 Å². The highest BCUT2D eigenvalue weighted by Gasteiger charge is 2.43. The first-order valence-corrected chi connectivity index (χ1v) is 10.5. The van der Waals surface area contributed by atoms with Crippen molar-refractivity contribution in [3.63, 3.8) is 0 Å². The molecule has 7 heteroatoms. The Morgan fingerprint density at radius 2 is 1.93 bits per heavy atom. The molecule has 4 nitrogen and oxygen atoms in total. The number of hydrogen-bond acceptors (Lipinski definition) is 4.